The standard InChI is InChI=1S/C14H21NO2/c1-10-5-7-12(15)9-11(10)6-8-13(16)17-14(2,3)4/h5,7,9H,6,8,15H2,1-4H3. The van der Waals surface area contributed by atoms with Crippen LogP contribution in [-0.2, 0) is 16.0 Å². The molecule has 3 nitrogen and oxygen atoms in total. The number of hydrogen-bond donors (Lipinski definition) is 1. The summed E-state index contributed by atoms with van der Waals surface area (Å²) in [4.78, 5) is 11.6. The van der Waals surface area contributed by atoms with E-state index in [4.69, 9.17) is 10.5 Å². The molecule has 0 heterocycles. The molecule has 17 heavy (non-hydrogen) atoms. The molecule has 0 saturated carbocycles. The molecule has 0 aliphatic carbocycles. The highest BCUT2D eigenvalue weighted by Crippen LogP contribution is 2.16. The number of rotatable bonds is 3. The number of esters is 1. The molecule has 0 saturated heterocycles. The first-order chi connectivity index (χ1) is 7.78. The number of aryl methyl sites for hydroxylation is 2. The van der Waals surface area contributed by atoms with E-state index in [1.807, 2.05) is 45.9 Å². The molecule has 0 aliphatic heterocycles. The van der Waals surface area contributed by atoms with Crippen LogP contribution in [0.2, 0.25) is 0 Å². The maximum absolute atomic E-state index is 11.6. The number of nitrogen functional groups attached to an aromatic ring is 1. The molecule has 1 aromatic rings. The van der Waals surface area contributed by atoms with Gasteiger partial charge in [0.15, 0.2) is 0 Å². The molecular formula is C14H21NO2. The summed E-state index contributed by atoms with van der Waals surface area (Å²) in [5.41, 5.74) is 8.30. The highest BCUT2D eigenvalue weighted by Gasteiger charge is 2.16. The van der Waals surface area contributed by atoms with Crippen LogP contribution in [0, 0.1) is 6.92 Å². The first-order valence-corrected chi connectivity index (χ1v) is 5.85. The highest BCUT2D eigenvalue weighted by molar-refractivity contribution is 5.70. The topological polar surface area (TPSA) is 52.3 Å². The molecular weight excluding hydrogens is 214 g/mol. The van der Waals surface area contributed by atoms with Gasteiger partial charge in [-0.1, -0.05) is 6.07 Å². The molecule has 0 aromatic heterocycles. The van der Waals surface area contributed by atoms with Crippen LogP contribution in [-0.4, -0.2) is 11.6 Å². The van der Waals surface area contributed by atoms with Gasteiger partial charge in [-0.15, -0.1) is 0 Å². The molecule has 0 atom stereocenters. The minimum atomic E-state index is -0.415. The summed E-state index contributed by atoms with van der Waals surface area (Å²) < 4.78 is 5.26. The van der Waals surface area contributed by atoms with E-state index >= 15 is 0 Å². The molecule has 1 rings (SSSR count). The van der Waals surface area contributed by atoms with Crippen molar-refractivity contribution >= 4 is 11.7 Å². The molecule has 2 N–H and O–H groups in total. The third-order valence-corrected chi connectivity index (χ3v) is 2.39. The van der Waals surface area contributed by atoms with E-state index in [9.17, 15) is 4.79 Å². The van der Waals surface area contributed by atoms with Gasteiger partial charge in [-0.2, -0.15) is 0 Å². The molecule has 0 aliphatic rings. The summed E-state index contributed by atoms with van der Waals surface area (Å²) in [6.07, 6.45) is 1.06. The van der Waals surface area contributed by atoms with Gasteiger partial charge >= 0.3 is 5.97 Å². The largest absolute Gasteiger partial charge is 0.460 e. The van der Waals surface area contributed by atoms with Gasteiger partial charge in [-0.05, 0) is 57.4 Å². The van der Waals surface area contributed by atoms with E-state index in [-0.39, 0.29) is 5.97 Å². The Morgan fingerprint density at radius 2 is 2.00 bits per heavy atom. The van der Waals surface area contributed by atoms with Crippen LogP contribution >= 0.6 is 0 Å². The number of carbonyl (C=O) groups is 1. The normalized spacial score (nSPS) is 11.3. The second-order valence-electron chi connectivity index (χ2n) is 5.27. The van der Waals surface area contributed by atoms with Gasteiger partial charge in [0.2, 0.25) is 0 Å². The molecule has 0 spiro atoms. The SMILES string of the molecule is Cc1ccc(N)cc1CCC(=O)OC(C)(C)C. The summed E-state index contributed by atoms with van der Waals surface area (Å²) in [6.45, 7) is 7.63. The van der Waals surface area contributed by atoms with Gasteiger partial charge in [0.05, 0.1) is 0 Å². The molecule has 0 amide bonds. The van der Waals surface area contributed by atoms with Crippen LogP contribution in [0.4, 0.5) is 5.69 Å². The van der Waals surface area contributed by atoms with Crippen molar-refractivity contribution in [3.8, 4) is 0 Å². The van der Waals surface area contributed by atoms with Gasteiger partial charge in [0.1, 0.15) is 5.60 Å². The van der Waals surface area contributed by atoms with E-state index < -0.39 is 5.60 Å². The van der Waals surface area contributed by atoms with Crippen molar-refractivity contribution in [2.75, 3.05) is 5.73 Å². The maximum Gasteiger partial charge on any atom is 0.306 e. The summed E-state index contributed by atoms with van der Waals surface area (Å²) in [5, 5.41) is 0. The quantitative estimate of drug-likeness (QED) is 0.647. The molecule has 0 radical (unpaired) electrons. The fourth-order valence-corrected chi connectivity index (χ4v) is 1.59. The van der Waals surface area contributed by atoms with Crippen molar-refractivity contribution in [1.82, 2.24) is 0 Å². The van der Waals surface area contributed by atoms with Crippen molar-refractivity contribution in [1.29, 1.82) is 0 Å². The second-order valence-corrected chi connectivity index (χ2v) is 5.27. The van der Waals surface area contributed by atoms with E-state index in [0.717, 1.165) is 16.8 Å². The Morgan fingerprint density at radius 1 is 1.35 bits per heavy atom. The van der Waals surface area contributed by atoms with Gasteiger partial charge < -0.3 is 10.5 Å². The molecule has 0 unspecified atom stereocenters. The van der Waals surface area contributed by atoms with Crippen LogP contribution in [0.1, 0.15) is 38.3 Å². The number of benzene rings is 1. The lowest BCUT2D eigenvalue weighted by Gasteiger charge is -2.19. The third-order valence-electron chi connectivity index (χ3n) is 2.39. The Bertz CT molecular complexity index is 405. The predicted octanol–water partition coefficient (Wildman–Crippen LogP) is 2.85. The monoisotopic (exact) mass is 235 g/mol. The summed E-state index contributed by atoms with van der Waals surface area (Å²) in [7, 11) is 0. The lowest BCUT2D eigenvalue weighted by molar-refractivity contribution is -0.154. The summed E-state index contributed by atoms with van der Waals surface area (Å²) >= 11 is 0. The fourth-order valence-electron chi connectivity index (χ4n) is 1.59. The Morgan fingerprint density at radius 3 is 2.59 bits per heavy atom. The van der Waals surface area contributed by atoms with E-state index in [1.54, 1.807) is 0 Å². The Balaban J connectivity index is 2.56. The molecule has 0 fully saturated rings. The van der Waals surface area contributed by atoms with Gasteiger partial charge in [0.25, 0.3) is 0 Å². The van der Waals surface area contributed by atoms with Crippen LogP contribution < -0.4 is 5.73 Å². The molecule has 94 valence electrons. The average Bonchev–Trinajstić information content (AvgIpc) is 2.17. The molecule has 0 bridgehead atoms. The van der Waals surface area contributed by atoms with Gasteiger partial charge in [-0.3, -0.25) is 4.79 Å². The van der Waals surface area contributed by atoms with Crippen LogP contribution in [0.15, 0.2) is 18.2 Å². The molecule has 3 heteroatoms. The summed E-state index contributed by atoms with van der Waals surface area (Å²) in [6, 6.07) is 5.76. The number of anilines is 1. The zero-order valence-electron chi connectivity index (χ0n) is 11.0. The van der Waals surface area contributed by atoms with Crippen LogP contribution in [0.5, 0.6) is 0 Å². The Hall–Kier alpha value is -1.51. The number of carbonyl (C=O) groups excluding carboxylic acids is 1. The first kappa shape index (κ1) is 13.6. The number of hydrogen-bond acceptors (Lipinski definition) is 3. The van der Waals surface area contributed by atoms with Gasteiger partial charge in [0, 0.05) is 12.1 Å². The zero-order valence-corrected chi connectivity index (χ0v) is 11.0. The van der Waals surface area contributed by atoms with E-state index in [0.29, 0.717) is 12.8 Å². The average molecular weight is 235 g/mol. The van der Waals surface area contributed by atoms with Crippen molar-refractivity contribution in [3.63, 3.8) is 0 Å². The van der Waals surface area contributed by atoms with Crippen molar-refractivity contribution < 1.29 is 9.53 Å². The van der Waals surface area contributed by atoms with Crippen LogP contribution in [0.3, 0.4) is 0 Å². The first-order valence-electron chi connectivity index (χ1n) is 5.85. The Kier molecular flexibility index (Phi) is 4.16. The highest BCUT2D eigenvalue weighted by atomic mass is 16.6. The fraction of sp³-hybridized carbons (Fsp3) is 0.500. The second kappa shape index (κ2) is 5.21. The number of nitrogens with two attached hydrogens (primary N) is 1. The third kappa shape index (κ3) is 4.89. The van der Waals surface area contributed by atoms with E-state index in [1.165, 1.54) is 0 Å². The lowest BCUT2D eigenvalue weighted by atomic mass is 10.0. The summed E-state index contributed by atoms with van der Waals surface area (Å²) in [5.74, 6) is -0.167. The minimum absolute atomic E-state index is 0.167. The van der Waals surface area contributed by atoms with Crippen LogP contribution in [0.25, 0.3) is 0 Å². The number of ether oxygens (including phenoxy) is 1. The molecule has 1 aromatic carbocycles. The smallest absolute Gasteiger partial charge is 0.306 e. The lowest BCUT2D eigenvalue weighted by Crippen LogP contribution is -2.24. The van der Waals surface area contributed by atoms with E-state index in [2.05, 4.69) is 0 Å². The Labute approximate surface area is 103 Å². The van der Waals surface area contributed by atoms with Crippen molar-refractivity contribution in [3.05, 3.63) is 29.3 Å². The predicted molar refractivity (Wildman–Crippen MR) is 69.8 cm³/mol. The zero-order chi connectivity index (χ0) is 13.1. The maximum atomic E-state index is 11.6. The van der Waals surface area contributed by atoms with Crippen molar-refractivity contribution in [2.45, 2.75) is 46.1 Å². The van der Waals surface area contributed by atoms with Gasteiger partial charge in [-0.25, -0.2) is 0 Å². The van der Waals surface area contributed by atoms with Crippen molar-refractivity contribution in [2.24, 2.45) is 0 Å². The minimum Gasteiger partial charge on any atom is -0.460 e.